The predicted octanol–water partition coefficient (Wildman–Crippen LogP) is 1.18. The minimum absolute atomic E-state index is 0.128. The zero-order valence-corrected chi connectivity index (χ0v) is 13.8. The molecule has 1 atom stereocenters. The van der Waals surface area contributed by atoms with Gasteiger partial charge in [-0.05, 0) is 25.3 Å². The van der Waals surface area contributed by atoms with Crippen molar-refractivity contribution in [3.63, 3.8) is 0 Å². The highest BCUT2D eigenvalue weighted by Crippen LogP contribution is 2.25. The first-order valence-corrected chi connectivity index (χ1v) is 8.44. The molecule has 0 aromatic heterocycles. The second-order valence-electron chi connectivity index (χ2n) is 6.74. The smallest absolute Gasteiger partial charge is 0.256 e. The molecule has 5 heteroatoms. The summed E-state index contributed by atoms with van der Waals surface area (Å²) in [5.74, 6) is -0.128. The summed E-state index contributed by atoms with van der Waals surface area (Å²) in [6.45, 7) is 6.69. The van der Waals surface area contributed by atoms with Crippen molar-refractivity contribution in [3.8, 4) is 0 Å². The van der Waals surface area contributed by atoms with Gasteiger partial charge in [-0.2, -0.15) is 0 Å². The molecule has 1 N–H and O–H groups in total. The summed E-state index contributed by atoms with van der Waals surface area (Å²) >= 11 is 0. The predicted molar refractivity (Wildman–Crippen MR) is 88.0 cm³/mol. The lowest BCUT2D eigenvalue weighted by atomic mass is 9.90. The fourth-order valence-electron chi connectivity index (χ4n) is 3.52. The summed E-state index contributed by atoms with van der Waals surface area (Å²) < 4.78 is 5.34. The van der Waals surface area contributed by atoms with E-state index in [9.17, 15) is 9.90 Å². The van der Waals surface area contributed by atoms with Gasteiger partial charge in [-0.3, -0.25) is 9.69 Å². The Kier molecular flexibility index (Phi) is 4.99. The average Bonchev–Trinajstić information content (AvgIpc) is 2.53. The third-order valence-corrected chi connectivity index (χ3v) is 4.75. The molecule has 1 aromatic rings. The summed E-state index contributed by atoms with van der Waals surface area (Å²) in [6.07, 6.45) is 1.39. The van der Waals surface area contributed by atoms with Crippen molar-refractivity contribution in [1.29, 1.82) is 0 Å². The molecular weight excluding hydrogens is 292 g/mol. The van der Waals surface area contributed by atoms with Crippen LogP contribution in [0.2, 0.25) is 0 Å². The third kappa shape index (κ3) is 3.91. The number of piperidine rings is 1. The lowest BCUT2D eigenvalue weighted by molar-refractivity contribution is -0.161. The third-order valence-electron chi connectivity index (χ3n) is 4.75. The van der Waals surface area contributed by atoms with E-state index in [0.29, 0.717) is 32.7 Å². The van der Waals surface area contributed by atoms with Gasteiger partial charge in [0.1, 0.15) is 0 Å². The number of hydrogen-bond donors (Lipinski definition) is 1. The molecule has 2 heterocycles. The molecule has 3 rings (SSSR count). The highest BCUT2D eigenvalue weighted by Gasteiger charge is 2.43. The molecule has 0 radical (unpaired) electrons. The van der Waals surface area contributed by atoms with Crippen LogP contribution >= 0.6 is 0 Å². The first-order chi connectivity index (χ1) is 11.1. The first kappa shape index (κ1) is 16.4. The largest absolute Gasteiger partial charge is 0.379 e. The van der Waals surface area contributed by atoms with E-state index in [2.05, 4.69) is 24.0 Å². The SMILES string of the molecule is Cc1cccc(CN2CCC[C@@](O)(CN3CCOCC3)C2=O)c1. The number of rotatable bonds is 4. The fraction of sp³-hybridized carbons (Fsp3) is 0.611. The molecule has 0 saturated carbocycles. The van der Waals surface area contributed by atoms with E-state index in [1.165, 1.54) is 5.56 Å². The molecule has 2 aliphatic rings. The lowest BCUT2D eigenvalue weighted by Gasteiger charge is -2.41. The number of nitrogens with zero attached hydrogens (tertiary/aromatic N) is 2. The maximum absolute atomic E-state index is 12.8. The van der Waals surface area contributed by atoms with Gasteiger partial charge in [0.05, 0.1) is 13.2 Å². The van der Waals surface area contributed by atoms with Gasteiger partial charge in [-0.1, -0.05) is 29.8 Å². The molecule has 2 fully saturated rings. The first-order valence-electron chi connectivity index (χ1n) is 8.44. The quantitative estimate of drug-likeness (QED) is 0.906. The summed E-state index contributed by atoms with van der Waals surface area (Å²) in [5.41, 5.74) is 1.06. The van der Waals surface area contributed by atoms with Crippen LogP contribution in [0, 0.1) is 6.92 Å². The summed E-state index contributed by atoms with van der Waals surface area (Å²) in [6, 6.07) is 8.20. The second kappa shape index (κ2) is 6.99. The molecule has 126 valence electrons. The standard InChI is InChI=1S/C18H26N2O3/c1-15-4-2-5-16(12-15)13-20-7-3-6-18(22,17(20)21)14-19-8-10-23-11-9-19/h2,4-5,12,22H,3,6-11,13-14H2,1H3/t18-/m1/s1. The van der Waals surface area contributed by atoms with Gasteiger partial charge in [0.2, 0.25) is 0 Å². The minimum Gasteiger partial charge on any atom is -0.379 e. The van der Waals surface area contributed by atoms with Crippen LogP contribution in [0.25, 0.3) is 0 Å². The molecule has 0 bridgehead atoms. The molecular formula is C18H26N2O3. The van der Waals surface area contributed by atoms with E-state index >= 15 is 0 Å². The fourth-order valence-corrected chi connectivity index (χ4v) is 3.52. The number of hydrogen-bond acceptors (Lipinski definition) is 4. The van der Waals surface area contributed by atoms with Gasteiger partial charge in [0, 0.05) is 32.7 Å². The van der Waals surface area contributed by atoms with Gasteiger partial charge in [-0.15, -0.1) is 0 Å². The Hall–Kier alpha value is -1.43. The Morgan fingerprint density at radius 1 is 1.26 bits per heavy atom. The van der Waals surface area contributed by atoms with Crippen molar-refractivity contribution in [2.45, 2.75) is 31.9 Å². The molecule has 2 aliphatic heterocycles. The Bertz CT molecular complexity index is 557. The van der Waals surface area contributed by atoms with Crippen LogP contribution in [0.1, 0.15) is 24.0 Å². The molecule has 5 nitrogen and oxygen atoms in total. The lowest BCUT2D eigenvalue weighted by Crippen LogP contribution is -2.59. The van der Waals surface area contributed by atoms with Crippen LogP contribution in [0.3, 0.4) is 0 Å². The van der Waals surface area contributed by atoms with Crippen LogP contribution in [-0.4, -0.2) is 65.8 Å². The van der Waals surface area contributed by atoms with Crippen molar-refractivity contribution < 1.29 is 14.6 Å². The van der Waals surface area contributed by atoms with E-state index in [1.54, 1.807) is 4.90 Å². The number of aryl methyl sites for hydroxylation is 1. The average molecular weight is 318 g/mol. The topological polar surface area (TPSA) is 53.0 Å². The highest BCUT2D eigenvalue weighted by atomic mass is 16.5. The molecule has 1 amide bonds. The van der Waals surface area contributed by atoms with E-state index in [4.69, 9.17) is 4.74 Å². The van der Waals surface area contributed by atoms with Gasteiger partial charge in [-0.25, -0.2) is 0 Å². The Balaban J connectivity index is 1.67. The second-order valence-corrected chi connectivity index (χ2v) is 6.74. The maximum atomic E-state index is 12.8. The van der Waals surface area contributed by atoms with Gasteiger partial charge >= 0.3 is 0 Å². The monoisotopic (exact) mass is 318 g/mol. The zero-order valence-electron chi connectivity index (χ0n) is 13.8. The van der Waals surface area contributed by atoms with Gasteiger partial charge in [0.15, 0.2) is 5.60 Å². The molecule has 0 aliphatic carbocycles. The summed E-state index contributed by atoms with van der Waals surface area (Å²) in [4.78, 5) is 16.8. The van der Waals surface area contributed by atoms with Crippen molar-refractivity contribution in [1.82, 2.24) is 9.80 Å². The maximum Gasteiger partial charge on any atom is 0.256 e. The van der Waals surface area contributed by atoms with Gasteiger partial charge < -0.3 is 14.7 Å². The molecule has 0 spiro atoms. The highest BCUT2D eigenvalue weighted by molar-refractivity contribution is 5.86. The normalized spacial score (nSPS) is 26.5. The van der Waals surface area contributed by atoms with Crippen molar-refractivity contribution in [2.24, 2.45) is 0 Å². The molecule has 2 saturated heterocycles. The van der Waals surface area contributed by atoms with Crippen LogP contribution in [0.15, 0.2) is 24.3 Å². The van der Waals surface area contributed by atoms with Gasteiger partial charge in [0.25, 0.3) is 5.91 Å². The number of ether oxygens (including phenoxy) is 1. The number of likely N-dealkylation sites (tertiary alicyclic amines) is 1. The number of benzene rings is 1. The van der Waals surface area contributed by atoms with Crippen LogP contribution in [-0.2, 0) is 16.1 Å². The van der Waals surface area contributed by atoms with Crippen molar-refractivity contribution in [2.75, 3.05) is 39.4 Å². The number of amides is 1. The minimum atomic E-state index is -1.25. The Labute approximate surface area is 137 Å². The summed E-state index contributed by atoms with van der Waals surface area (Å²) in [5, 5.41) is 10.9. The molecule has 1 aromatic carbocycles. The number of β-amino-alcohol motifs (C(OH)–C–C–N with tert-alkyl or cyclic N) is 1. The molecule has 23 heavy (non-hydrogen) atoms. The summed E-state index contributed by atoms with van der Waals surface area (Å²) in [7, 11) is 0. The van der Waals surface area contributed by atoms with Crippen molar-refractivity contribution in [3.05, 3.63) is 35.4 Å². The van der Waals surface area contributed by atoms with E-state index in [-0.39, 0.29) is 5.91 Å². The van der Waals surface area contributed by atoms with Crippen molar-refractivity contribution >= 4 is 5.91 Å². The Morgan fingerprint density at radius 3 is 2.78 bits per heavy atom. The van der Waals surface area contributed by atoms with Crippen LogP contribution in [0.5, 0.6) is 0 Å². The van der Waals surface area contributed by atoms with E-state index < -0.39 is 5.60 Å². The number of morpholine rings is 1. The number of carbonyl (C=O) groups is 1. The van der Waals surface area contributed by atoms with E-state index in [0.717, 1.165) is 31.6 Å². The van der Waals surface area contributed by atoms with Crippen LogP contribution in [0.4, 0.5) is 0 Å². The number of aliphatic hydroxyl groups is 1. The number of carbonyl (C=O) groups excluding carboxylic acids is 1. The zero-order chi connectivity index (χ0) is 16.3. The molecule has 0 unspecified atom stereocenters. The Morgan fingerprint density at radius 2 is 2.04 bits per heavy atom. The van der Waals surface area contributed by atoms with E-state index in [1.807, 2.05) is 12.1 Å². The van der Waals surface area contributed by atoms with Crippen LogP contribution < -0.4 is 0 Å².